The van der Waals surface area contributed by atoms with Crippen molar-refractivity contribution in [1.82, 2.24) is 0 Å². The number of nitrogens with two attached hydrogens (primary N) is 1. The summed E-state index contributed by atoms with van der Waals surface area (Å²) in [6.45, 7) is 18.2. The number of fused-ring (bicyclic) bond motifs is 2. The molecule has 2 aromatic carbocycles. The number of hydrogen-bond donors (Lipinski definition) is 1. The second-order valence-electron chi connectivity index (χ2n) is 9.79. The van der Waals surface area contributed by atoms with Gasteiger partial charge in [-0.1, -0.05) is 138 Å². The van der Waals surface area contributed by atoms with Crippen molar-refractivity contribution in [2.24, 2.45) is 10.7 Å². The van der Waals surface area contributed by atoms with Crippen molar-refractivity contribution in [3.8, 4) is 11.1 Å². The smallest absolute Gasteiger partial charge is 0.0373 e. The van der Waals surface area contributed by atoms with Gasteiger partial charge in [0, 0.05) is 39.1 Å². The zero-order valence-corrected chi connectivity index (χ0v) is 28.3. The topological polar surface area (TPSA) is 38.4 Å². The number of allylic oxidation sites excluding steroid dienone is 9. The number of aliphatic imine (C=N–C) groups is 1. The van der Waals surface area contributed by atoms with Gasteiger partial charge in [0.05, 0.1) is 0 Å². The van der Waals surface area contributed by atoms with Gasteiger partial charge >= 0.3 is 0 Å². The van der Waals surface area contributed by atoms with Gasteiger partial charge in [0.15, 0.2) is 0 Å². The van der Waals surface area contributed by atoms with E-state index in [1.54, 1.807) is 13.1 Å². The molecule has 230 valence electrons. The van der Waals surface area contributed by atoms with Crippen LogP contribution in [0.5, 0.6) is 0 Å². The second kappa shape index (κ2) is 20.0. The normalized spacial score (nSPS) is 16.2. The maximum atomic E-state index is 5.50. The molecule has 2 N–H and O–H groups in total. The van der Waals surface area contributed by atoms with Crippen molar-refractivity contribution >= 4 is 45.4 Å². The summed E-state index contributed by atoms with van der Waals surface area (Å²) >= 11 is 1.81. The SMILES string of the molecule is C=CC=C/C=C\C(=C)/C(C)=c1/c(=C\C=NC)sc2cc(-c3cccc4c3C=CCC4)ccc12.CC.CC.NC1C=CC=CC1. The third kappa shape index (κ3) is 10.0. The van der Waals surface area contributed by atoms with E-state index in [4.69, 9.17) is 5.73 Å². The fourth-order valence-corrected chi connectivity index (χ4v) is 6.05. The summed E-state index contributed by atoms with van der Waals surface area (Å²) in [6, 6.07) is 13.8. The molecule has 0 saturated carbocycles. The Labute approximate surface area is 270 Å². The summed E-state index contributed by atoms with van der Waals surface area (Å²) in [6.07, 6.45) is 29.5. The summed E-state index contributed by atoms with van der Waals surface area (Å²) in [5, 5.41) is 2.49. The molecule has 3 heteroatoms. The van der Waals surface area contributed by atoms with Crippen LogP contribution < -0.4 is 15.5 Å². The molecular formula is C41H50N2S. The largest absolute Gasteiger partial charge is 0.324 e. The van der Waals surface area contributed by atoms with E-state index in [1.165, 1.54) is 47.7 Å². The standard InChI is InChI=1S/C31H29NS.C6H9N.2C2H6/c1-5-6-7-8-12-22(2)23(3)31-28-18-17-25(21-30(28)33-29(31)19-20-32-4)27-16-11-14-24-13-9-10-15-26(24)27;7-6-4-2-1-3-5-6;2*1-2/h5-8,10-12,14-21H,1-2,9,13H2,3-4H3;1-4,6H,5,7H2;2*1-2H3/b7-6?,12-8-,29-19+,31-23+,32-20?;;;. The highest BCUT2D eigenvalue weighted by Gasteiger charge is 2.12. The van der Waals surface area contributed by atoms with Crippen LogP contribution in [-0.4, -0.2) is 19.3 Å². The Hall–Kier alpha value is -4.05. The minimum Gasteiger partial charge on any atom is -0.324 e. The van der Waals surface area contributed by atoms with Crippen LogP contribution in [0.15, 0.2) is 121 Å². The molecule has 2 aliphatic carbocycles. The fourth-order valence-electron chi connectivity index (χ4n) is 4.85. The molecule has 1 unspecified atom stereocenters. The van der Waals surface area contributed by atoms with E-state index in [-0.39, 0.29) is 6.04 Å². The van der Waals surface area contributed by atoms with Crippen LogP contribution in [0.25, 0.3) is 38.9 Å². The second-order valence-corrected chi connectivity index (χ2v) is 10.9. The van der Waals surface area contributed by atoms with Crippen LogP contribution in [0, 0.1) is 0 Å². The van der Waals surface area contributed by atoms with Crippen LogP contribution >= 0.6 is 11.3 Å². The van der Waals surface area contributed by atoms with E-state index >= 15 is 0 Å². The number of hydrogen-bond acceptors (Lipinski definition) is 3. The number of aryl methyl sites for hydroxylation is 1. The van der Waals surface area contributed by atoms with E-state index in [2.05, 4.69) is 85.8 Å². The van der Waals surface area contributed by atoms with Gasteiger partial charge in [-0.15, -0.1) is 11.3 Å². The van der Waals surface area contributed by atoms with Crippen molar-refractivity contribution in [1.29, 1.82) is 0 Å². The van der Waals surface area contributed by atoms with Crippen LogP contribution in [-0.2, 0) is 6.42 Å². The van der Waals surface area contributed by atoms with E-state index in [1.807, 2.05) is 87.8 Å². The van der Waals surface area contributed by atoms with E-state index in [9.17, 15) is 0 Å². The van der Waals surface area contributed by atoms with Gasteiger partial charge in [-0.3, -0.25) is 4.99 Å². The van der Waals surface area contributed by atoms with Crippen molar-refractivity contribution in [3.63, 3.8) is 0 Å². The van der Waals surface area contributed by atoms with Crippen LogP contribution in [0.1, 0.15) is 58.6 Å². The quantitative estimate of drug-likeness (QED) is 0.221. The molecule has 0 radical (unpaired) electrons. The van der Waals surface area contributed by atoms with Gasteiger partial charge in [0.1, 0.15) is 0 Å². The van der Waals surface area contributed by atoms with E-state index in [0.29, 0.717) is 0 Å². The van der Waals surface area contributed by atoms with Gasteiger partial charge in [0.25, 0.3) is 0 Å². The van der Waals surface area contributed by atoms with E-state index < -0.39 is 0 Å². The molecule has 0 saturated heterocycles. The van der Waals surface area contributed by atoms with E-state index in [0.717, 1.165) is 24.8 Å². The van der Waals surface area contributed by atoms with Gasteiger partial charge in [-0.25, -0.2) is 0 Å². The number of benzene rings is 2. The fraction of sp³-hybridized carbons (Fsp3) is 0.244. The molecule has 1 aromatic heterocycles. The molecule has 2 nitrogen and oxygen atoms in total. The molecule has 0 aliphatic heterocycles. The Morgan fingerprint density at radius 1 is 1.02 bits per heavy atom. The lowest BCUT2D eigenvalue weighted by Gasteiger charge is -2.15. The van der Waals surface area contributed by atoms with Crippen LogP contribution in [0.3, 0.4) is 0 Å². The first kappa shape index (κ1) is 36.1. The van der Waals surface area contributed by atoms with Gasteiger partial charge < -0.3 is 5.73 Å². The first-order valence-electron chi connectivity index (χ1n) is 15.7. The number of thiophene rings is 1. The minimum absolute atomic E-state index is 0.269. The Morgan fingerprint density at radius 3 is 2.48 bits per heavy atom. The first-order valence-corrected chi connectivity index (χ1v) is 16.5. The van der Waals surface area contributed by atoms with Gasteiger partial charge in [0.2, 0.25) is 0 Å². The van der Waals surface area contributed by atoms with Crippen LogP contribution in [0.4, 0.5) is 0 Å². The number of rotatable bonds is 6. The lowest BCUT2D eigenvalue weighted by atomic mass is 9.90. The van der Waals surface area contributed by atoms with Gasteiger partial charge in [-0.2, -0.15) is 0 Å². The number of nitrogens with zero attached hydrogens (tertiary/aromatic N) is 1. The zero-order chi connectivity index (χ0) is 32.3. The highest BCUT2D eigenvalue weighted by atomic mass is 32.1. The highest BCUT2D eigenvalue weighted by molar-refractivity contribution is 7.17. The maximum absolute atomic E-state index is 5.50. The lowest BCUT2D eigenvalue weighted by Crippen LogP contribution is -2.21. The molecule has 0 bridgehead atoms. The van der Waals surface area contributed by atoms with Gasteiger partial charge in [-0.05, 0) is 71.7 Å². The predicted molar refractivity (Wildman–Crippen MR) is 203 cm³/mol. The average molecular weight is 603 g/mol. The molecule has 0 fully saturated rings. The summed E-state index contributed by atoms with van der Waals surface area (Å²) in [4.78, 5) is 4.18. The third-order valence-corrected chi connectivity index (χ3v) is 8.11. The molecule has 1 heterocycles. The summed E-state index contributed by atoms with van der Waals surface area (Å²) in [5.41, 5.74) is 13.0. The predicted octanol–water partition coefficient (Wildman–Crippen LogP) is 9.92. The van der Waals surface area contributed by atoms with Crippen molar-refractivity contribution in [2.45, 2.75) is 59.9 Å². The molecule has 5 rings (SSSR count). The average Bonchev–Trinajstić information content (AvgIpc) is 3.45. The molecule has 0 amide bonds. The molecule has 2 aliphatic rings. The van der Waals surface area contributed by atoms with Crippen molar-refractivity contribution < 1.29 is 0 Å². The summed E-state index contributed by atoms with van der Waals surface area (Å²) in [7, 11) is 1.80. The Bertz CT molecular complexity index is 1690. The molecule has 0 spiro atoms. The Kier molecular flexibility index (Phi) is 16.4. The lowest BCUT2D eigenvalue weighted by molar-refractivity contribution is 0.826. The van der Waals surface area contributed by atoms with Crippen LogP contribution in [0.2, 0.25) is 0 Å². The summed E-state index contributed by atoms with van der Waals surface area (Å²) < 4.78 is 2.48. The monoisotopic (exact) mass is 602 g/mol. The third-order valence-electron chi connectivity index (χ3n) is 6.99. The molecule has 44 heavy (non-hydrogen) atoms. The highest BCUT2D eigenvalue weighted by Crippen LogP contribution is 2.32. The zero-order valence-electron chi connectivity index (χ0n) is 27.5. The minimum atomic E-state index is 0.269. The molecule has 1 atom stereocenters. The maximum Gasteiger partial charge on any atom is 0.0373 e. The van der Waals surface area contributed by atoms with Crippen molar-refractivity contribution in [3.05, 3.63) is 137 Å². The Balaban J connectivity index is 0.000000526. The Morgan fingerprint density at radius 2 is 1.82 bits per heavy atom. The first-order chi connectivity index (χ1) is 21.5. The summed E-state index contributed by atoms with van der Waals surface area (Å²) in [5.74, 6) is 0. The molecule has 3 aromatic rings. The molecular weight excluding hydrogens is 553 g/mol. The van der Waals surface area contributed by atoms with Crippen molar-refractivity contribution in [2.75, 3.05) is 7.05 Å².